The lowest BCUT2D eigenvalue weighted by Crippen LogP contribution is -2.31. The Labute approximate surface area is 87.6 Å². The van der Waals surface area contributed by atoms with Crippen molar-refractivity contribution in [2.45, 2.75) is 44.4 Å². The fourth-order valence-corrected chi connectivity index (χ4v) is 6.59. The molecule has 0 aromatic carbocycles. The molecular formula is C12H20OSi. The molecule has 0 heterocycles. The second-order valence-corrected chi connectivity index (χ2v) is 11.3. The van der Waals surface area contributed by atoms with Crippen molar-refractivity contribution < 1.29 is 4.79 Å². The largest absolute Gasteiger partial charge is 0.299 e. The molecule has 2 aliphatic rings. The fraction of sp³-hybridized carbons (Fsp3) is 0.750. The maximum Gasteiger partial charge on any atom is 0.136 e. The summed E-state index contributed by atoms with van der Waals surface area (Å²) in [6.07, 6.45) is 2.97. The van der Waals surface area contributed by atoms with Crippen molar-refractivity contribution in [1.29, 1.82) is 0 Å². The lowest BCUT2D eigenvalue weighted by Gasteiger charge is -2.30. The van der Waals surface area contributed by atoms with E-state index in [9.17, 15) is 4.79 Å². The van der Waals surface area contributed by atoms with Crippen LogP contribution < -0.4 is 0 Å². The average molecular weight is 208 g/mol. The highest BCUT2D eigenvalue weighted by molar-refractivity contribution is 6.78. The first kappa shape index (κ1) is 10.2. The van der Waals surface area contributed by atoms with Gasteiger partial charge in [0.15, 0.2) is 0 Å². The Morgan fingerprint density at radius 3 is 2.57 bits per heavy atom. The van der Waals surface area contributed by atoms with E-state index < -0.39 is 8.07 Å². The van der Waals surface area contributed by atoms with Crippen molar-refractivity contribution >= 4 is 13.9 Å². The number of ketones is 1. The molecule has 0 aromatic rings. The van der Waals surface area contributed by atoms with Gasteiger partial charge in [0, 0.05) is 12.3 Å². The van der Waals surface area contributed by atoms with Gasteiger partial charge < -0.3 is 0 Å². The van der Waals surface area contributed by atoms with Crippen LogP contribution in [0.2, 0.25) is 25.2 Å². The van der Waals surface area contributed by atoms with Gasteiger partial charge in [-0.25, -0.2) is 0 Å². The number of allylic oxidation sites excluding steroid dienone is 1. The minimum absolute atomic E-state index is 0.360. The molecule has 2 heteroatoms. The standard InChI is InChI=1S/C12H20OSi/c1-8-7-10-9(5-6-11(10)13)12(8)14(2,3)4/h9-10,12H,1,5-7H2,2-4H3. The molecule has 2 rings (SSSR count). The van der Waals surface area contributed by atoms with E-state index in [-0.39, 0.29) is 0 Å². The molecule has 0 N–H and O–H groups in total. The minimum atomic E-state index is -1.15. The number of hydrogen-bond donors (Lipinski definition) is 0. The lowest BCUT2D eigenvalue weighted by atomic mass is 10.00. The quantitative estimate of drug-likeness (QED) is 0.477. The van der Waals surface area contributed by atoms with Crippen molar-refractivity contribution in [2.75, 3.05) is 0 Å². The zero-order valence-corrected chi connectivity index (χ0v) is 10.5. The molecule has 0 bridgehead atoms. The van der Waals surface area contributed by atoms with Crippen molar-refractivity contribution in [1.82, 2.24) is 0 Å². The molecule has 0 amide bonds. The van der Waals surface area contributed by atoms with Gasteiger partial charge in [-0.05, 0) is 24.3 Å². The van der Waals surface area contributed by atoms with Crippen LogP contribution in [0.4, 0.5) is 0 Å². The predicted molar refractivity (Wildman–Crippen MR) is 62.1 cm³/mol. The van der Waals surface area contributed by atoms with Crippen LogP contribution in [-0.2, 0) is 4.79 Å². The highest BCUT2D eigenvalue weighted by Gasteiger charge is 2.50. The smallest absolute Gasteiger partial charge is 0.136 e. The van der Waals surface area contributed by atoms with Crippen LogP contribution in [0.5, 0.6) is 0 Å². The predicted octanol–water partition coefficient (Wildman–Crippen LogP) is 3.25. The molecule has 0 spiro atoms. The molecule has 3 unspecified atom stereocenters. The van der Waals surface area contributed by atoms with E-state index in [2.05, 4.69) is 26.2 Å². The van der Waals surface area contributed by atoms with Crippen LogP contribution in [0.15, 0.2) is 12.2 Å². The van der Waals surface area contributed by atoms with Gasteiger partial charge in [-0.1, -0.05) is 31.8 Å². The van der Waals surface area contributed by atoms with Gasteiger partial charge in [-0.2, -0.15) is 0 Å². The summed E-state index contributed by atoms with van der Waals surface area (Å²) in [6, 6.07) is 0. The zero-order chi connectivity index (χ0) is 10.5. The van der Waals surface area contributed by atoms with Crippen molar-refractivity contribution in [3.63, 3.8) is 0 Å². The van der Waals surface area contributed by atoms with E-state index in [0.717, 1.165) is 19.3 Å². The van der Waals surface area contributed by atoms with Crippen LogP contribution in [0.1, 0.15) is 19.3 Å². The van der Waals surface area contributed by atoms with Gasteiger partial charge in [0.2, 0.25) is 0 Å². The van der Waals surface area contributed by atoms with Crippen LogP contribution >= 0.6 is 0 Å². The Bertz CT molecular complexity index is 287. The third-order valence-corrected chi connectivity index (χ3v) is 6.64. The van der Waals surface area contributed by atoms with Crippen LogP contribution in [0.3, 0.4) is 0 Å². The number of carbonyl (C=O) groups is 1. The summed E-state index contributed by atoms with van der Waals surface area (Å²) < 4.78 is 0. The maximum atomic E-state index is 11.6. The Balaban J connectivity index is 2.27. The molecule has 2 aliphatic carbocycles. The Kier molecular flexibility index (Phi) is 2.22. The number of fused-ring (bicyclic) bond motifs is 1. The summed E-state index contributed by atoms with van der Waals surface area (Å²) >= 11 is 0. The van der Waals surface area contributed by atoms with Gasteiger partial charge in [-0.15, -0.1) is 0 Å². The summed E-state index contributed by atoms with van der Waals surface area (Å²) in [4.78, 5) is 11.6. The number of hydrogen-bond acceptors (Lipinski definition) is 1. The van der Waals surface area contributed by atoms with E-state index in [0.29, 0.717) is 23.2 Å². The number of Topliss-reactive ketones (excluding diaryl/α,β-unsaturated/α-hetero) is 1. The second-order valence-electron chi connectivity index (χ2n) is 5.98. The minimum Gasteiger partial charge on any atom is -0.299 e. The first-order valence-electron chi connectivity index (χ1n) is 5.61. The highest BCUT2D eigenvalue weighted by Crippen LogP contribution is 2.55. The molecule has 0 saturated heterocycles. The van der Waals surface area contributed by atoms with Gasteiger partial charge >= 0.3 is 0 Å². The lowest BCUT2D eigenvalue weighted by molar-refractivity contribution is -0.120. The Morgan fingerprint density at radius 1 is 1.36 bits per heavy atom. The summed E-state index contributed by atoms with van der Waals surface area (Å²) in [5.41, 5.74) is 2.09. The van der Waals surface area contributed by atoms with Crippen LogP contribution in [0.25, 0.3) is 0 Å². The van der Waals surface area contributed by atoms with Crippen LogP contribution in [0, 0.1) is 11.8 Å². The molecule has 1 nitrogen and oxygen atoms in total. The maximum absolute atomic E-state index is 11.6. The monoisotopic (exact) mass is 208 g/mol. The molecule has 2 saturated carbocycles. The van der Waals surface area contributed by atoms with E-state index in [1.54, 1.807) is 0 Å². The zero-order valence-electron chi connectivity index (χ0n) is 9.47. The Hall–Kier alpha value is -0.373. The highest BCUT2D eigenvalue weighted by atomic mass is 28.3. The first-order chi connectivity index (χ1) is 6.41. The van der Waals surface area contributed by atoms with Gasteiger partial charge in [0.05, 0.1) is 8.07 Å². The summed E-state index contributed by atoms with van der Waals surface area (Å²) in [5.74, 6) is 1.54. The van der Waals surface area contributed by atoms with E-state index >= 15 is 0 Å². The Morgan fingerprint density at radius 2 is 2.00 bits per heavy atom. The summed E-state index contributed by atoms with van der Waals surface area (Å²) in [5, 5.41) is 0. The van der Waals surface area contributed by atoms with Crippen molar-refractivity contribution in [3.8, 4) is 0 Å². The molecule has 0 radical (unpaired) electrons. The molecule has 78 valence electrons. The third kappa shape index (κ3) is 1.40. The molecular weight excluding hydrogens is 188 g/mol. The van der Waals surface area contributed by atoms with E-state index in [1.165, 1.54) is 5.57 Å². The van der Waals surface area contributed by atoms with Crippen molar-refractivity contribution in [3.05, 3.63) is 12.2 Å². The second kappa shape index (κ2) is 3.06. The first-order valence-corrected chi connectivity index (χ1v) is 9.19. The van der Waals surface area contributed by atoms with E-state index in [1.807, 2.05) is 0 Å². The number of rotatable bonds is 1. The number of carbonyl (C=O) groups excluding carboxylic acids is 1. The average Bonchev–Trinajstić information content (AvgIpc) is 2.49. The molecule has 0 aliphatic heterocycles. The fourth-order valence-electron chi connectivity index (χ4n) is 3.57. The van der Waals surface area contributed by atoms with Gasteiger partial charge in [-0.3, -0.25) is 4.79 Å². The van der Waals surface area contributed by atoms with Gasteiger partial charge in [0.1, 0.15) is 5.78 Å². The van der Waals surface area contributed by atoms with E-state index in [4.69, 9.17) is 0 Å². The molecule has 3 atom stereocenters. The normalized spacial score (nSPS) is 37.8. The third-order valence-electron chi connectivity index (χ3n) is 3.94. The van der Waals surface area contributed by atoms with Crippen LogP contribution in [-0.4, -0.2) is 13.9 Å². The molecule has 14 heavy (non-hydrogen) atoms. The molecule has 0 aromatic heterocycles. The topological polar surface area (TPSA) is 17.1 Å². The van der Waals surface area contributed by atoms with Crippen molar-refractivity contribution in [2.24, 2.45) is 11.8 Å². The SMILES string of the molecule is C=C1CC2C(=O)CCC2C1[Si](C)(C)C. The van der Waals surface area contributed by atoms with Gasteiger partial charge in [0.25, 0.3) is 0 Å². The molecule has 2 fully saturated rings. The summed E-state index contributed by atoms with van der Waals surface area (Å²) in [7, 11) is -1.15. The summed E-state index contributed by atoms with van der Waals surface area (Å²) in [6.45, 7) is 11.4.